The second kappa shape index (κ2) is 6.70. The first-order valence-electron chi connectivity index (χ1n) is 8.65. The molecule has 3 heterocycles. The molecule has 1 N–H and O–H groups in total. The number of ether oxygens (including phenoxy) is 1. The molecule has 0 unspecified atom stereocenters. The van der Waals surface area contributed by atoms with Crippen LogP contribution in [0.25, 0.3) is 0 Å². The minimum Gasteiger partial charge on any atom is -0.497 e. The Labute approximate surface area is 151 Å². The highest BCUT2D eigenvalue weighted by molar-refractivity contribution is 5.96. The van der Waals surface area contributed by atoms with Crippen molar-refractivity contribution in [2.24, 2.45) is 0 Å². The van der Waals surface area contributed by atoms with Gasteiger partial charge in [0, 0.05) is 31.7 Å². The van der Waals surface area contributed by atoms with Crippen LogP contribution in [0.3, 0.4) is 0 Å². The molecule has 1 fully saturated rings. The van der Waals surface area contributed by atoms with E-state index in [1.54, 1.807) is 28.1 Å². The SMILES string of the molecule is COc1ccc(N2CCN(CC(=O)N3CCc4nc[nH]c4C3)C2=O)cc1. The number of urea groups is 1. The minimum absolute atomic E-state index is 0.0322. The van der Waals surface area contributed by atoms with Crippen LogP contribution < -0.4 is 9.64 Å². The van der Waals surface area contributed by atoms with Gasteiger partial charge in [-0.1, -0.05) is 0 Å². The molecule has 136 valence electrons. The van der Waals surface area contributed by atoms with Crippen molar-refractivity contribution < 1.29 is 14.3 Å². The van der Waals surface area contributed by atoms with Crippen LogP contribution in [0.1, 0.15) is 11.4 Å². The van der Waals surface area contributed by atoms with E-state index in [1.165, 1.54) is 0 Å². The number of H-pyrrole nitrogens is 1. The minimum atomic E-state index is -0.136. The van der Waals surface area contributed by atoms with Gasteiger partial charge in [0.25, 0.3) is 0 Å². The van der Waals surface area contributed by atoms with Gasteiger partial charge in [0.05, 0.1) is 31.4 Å². The Hall–Kier alpha value is -3.03. The van der Waals surface area contributed by atoms with E-state index in [9.17, 15) is 9.59 Å². The van der Waals surface area contributed by atoms with Gasteiger partial charge >= 0.3 is 6.03 Å². The predicted octanol–water partition coefficient (Wildman–Crippen LogP) is 1.25. The molecule has 1 aromatic heterocycles. The van der Waals surface area contributed by atoms with Gasteiger partial charge in [0.1, 0.15) is 12.3 Å². The number of nitrogens with zero attached hydrogens (tertiary/aromatic N) is 4. The molecule has 0 aliphatic carbocycles. The highest BCUT2D eigenvalue weighted by atomic mass is 16.5. The second-order valence-corrected chi connectivity index (χ2v) is 6.45. The Morgan fingerprint density at radius 1 is 1.23 bits per heavy atom. The fourth-order valence-electron chi connectivity index (χ4n) is 3.42. The first-order chi connectivity index (χ1) is 12.7. The number of nitrogens with one attached hydrogen (secondary N) is 1. The van der Waals surface area contributed by atoms with Crippen LogP contribution in [0.2, 0.25) is 0 Å². The Balaban J connectivity index is 1.38. The molecule has 0 radical (unpaired) electrons. The molecule has 0 atom stereocenters. The van der Waals surface area contributed by atoms with Crippen LogP contribution in [-0.4, -0.2) is 65.0 Å². The summed E-state index contributed by atoms with van der Waals surface area (Å²) in [5, 5.41) is 0. The number of hydrogen-bond donors (Lipinski definition) is 1. The van der Waals surface area contributed by atoms with Crippen LogP contribution in [0.4, 0.5) is 10.5 Å². The van der Waals surface area contributed by atoms with E-state index >= 15 is 0 Å². The van der Waals surface area contributed by atoms with Crippen molar-refractivity contribution in [1.82, 2.24) is 19.8 Å². The Kier molecular flexibility index (Phi) is 4.24. The van der Waals surface area contributed by atoms with Crippen molar-refractivity contribution in [3.8, 4) is 5.75 Å². The highest BCUT2D eigenvalue weighted by Crippen LogP contribution is 2.23. The summed E-state index contributed by atoms with van der Waals surface area (Å²) in [4.78, 5) is 37.7. The second-order valence-electron chi connectivity index (χ2n) is 6.45. The molecular weight excluding hydrogens is 334 g/mol. The number of hydrogen-bond acceptors (Lipinski definition) is 4. The lowest BCUT2D eigenvalue weighted by atomic mass is 10.1. The third-order valence-corrected chi connectivity index (χ3v) is 4.93. The van der Waals surface area contributed by atoms with Gasteiger partial charge in [-0.05, 0) is 24.3 Å². The van der Waals surface area contributed by atoms with Crippen molar-refractivity contribution in [1.29, 1.82) is 0 Å². The summed E-state index contributed by atoms with van der Waals surface area (Å²) in [6.07, 6.45) is 2.41. The molecular formula is C18H21N5O3. The molecule has 2 aliphatic heterocycles. The molecule has 8 nitrogen and oxygen atoms in total. The number of benzene rings is 1. The topological polar surface area (TPSA) is 81.8 Å². The average Bonchev–Trinajstić information content (AvgIpc) is 3.28. The zero-order valence-corrected chi connectivity index (χ0v) is 14.6. The Morgan fingerprint density at radius 3 is 2.81 bits per heavy atom. The lowest BCUT2D eigenvalue weighted by molar-refractivity contribution is -0.132. The van der Waals surface area contributed by atoms with E-state index in [4.69, 9.17) is 4.74 Å². The molecule has 4 rings (SSSR count). The first kappa shape index (κ1) is 16.4. The lowest BCUT2D eigenvalue weighted by Crippen LogP contribution is -2.44. The summed E-state index contributed by atoms with van der Waals surface area (Å²) in [5.74, 6) is 0.714. The van der Waals surface area contributed by atoms with Gasteiger partial charge in [-0.25, -0.2) is 9.78 Å². The van der Waals surface area contributed by atoms with Gasteiger partial charge in [-0.3, -0.25) is 9.69 Å². The smallest absolute Gasteiger partial charge is 0.325 e. The van der Waals surface area contributed by atoms with E-state index < -0.39 is 0 Å². The van der Waals surface area contributed by atoms with Gasteiger partial charge in [-0.15, -0.1) is 0 Å². The van der Waals surface area contributed by atoms with Crippen molar-refractivity contribution in [2.75, 3.05) is 38.2 Å². The van der Waals surface area contributed by atoms with Crippen LogP contribution in [0.5, 0.6) is 5.75 Å². The number of carbonyl (C=O) groups is 2. The van der Waals surface area contributed by atoms with Gasteiger partial charge < -0.3 is 19.5 Å². The number of methoxy groups -OCH3 is 1. The van der Waals surface area contributed by atoms with E-state index in [2.05, 4.69) is 9.97 Å². The summed E-state index contributed by atoms with van der Waals surface area (Å²) < 4.78 is 5.15. The number of fused-ring (bicyclic) bond motifs is 1. The van der Waals surface area contributed by atoms with Gasteiger partial charge in [-0.2, -0.15) is 0 Å². The summed E-state index contributed by atoms with van der Waals surface area (Å²) in [7, 11) is 1.61. The van der Waals surface area contributed by atoms with Crippen molar-refractivity contribution >= 4 is 17.6 Å². The van der Waals surface area contributed by atoms with Crippen molar-refractivity contribution in [3.63, 3.8) is 0 Å². The number of aromatic amines is 1. The Bertz CT molecular complexity index is 816. The van der Waals surface area contributed by atoms with Gasteiger partial charge in [0.15, 0.2) is 0 Å². The summed E-state index contributed by atoms with van der Waals surface area (Å²) >= 11 is 0. The van der Waals surface area contributed by atoms with E-state index in [0.29, 0.717) is 26.2 Å². The molecule has 0 spiro atoms. The number of anilines is 1. The van der Waals surface area contributed by atoms with Crippen molar-refractivity contribution in [3.05, 3.63) is 42.0 Å². The van der Waals surface area contributed by atoms with Crippen molar-refractivity contribution in [2.45, 2.75) is 13.0 Å². The highest BCUT2D eigenvalue weighted by Gasteiger charge is 2.32. The number of amides is 3. The standard InChI is InChI=1S/C18H21N5O3/c1-26-14-4-2-13(3-5-14)23-9-8-22(18(23)25)11-17(24)21-7-6-15-16(10-21)20-12-19-15/h2-5,12H,6-11H2,1H3,(H,19,20). The number of aromatic nitrogens is 2. The summed E-state index contributed by atoms with van der Waals surface area (Å²) in [6, 6.07) is 7.22. The maximum absolute atomic E-state index is 12.7. The van der Waals surface area contributed by atoms with Gasteiger partial charge in [0.2, 0.25) is 5.91 Å². The maximum Gasteiger partial charge on any atom is 0.325 e. The molecule has 0 saturated carbocycles. The predicted molar refractivity (Wildman–Crippen MR) is 95.0 cm³/mol. The molecule has 1 saturated heterocycles. The largest absolute Gasteiger partial charge is 0.497 e. The van der Waals surface area contributed by atoms with Crippen LogP contribution in [-0.2, 0) is 17.8 Å². The fourth-order valence-corrected chi connectivity index (χ4v) is 3.42. The van der Waals surface area contributed by atoms with E-state index in [0.717, 1.165) is 29.2 Å². The average molecular weight is 355 g/mol. The zero-order chi connectivity index (χ0) is 18.1. The molecule has 3 amide bonds. The number of imidazole rings is 1. The first-order valence-corrected chi connectivity index (χ1v) is 8.65. The third kappa shape index (κ3) is 2.98. The molecule has 2 aliphatic rings. The monoisotopic (exact) mass is 355 g/mol. The van der Waals surface area contributed by atoms with E-state index in [-0.39, 0.29) is 18.5 Å². The third-order valence-electron chi connectivity index (χ3n) is 4.93. The Morgan fingerprint density at radius 2 is 2.04 bits per heavy atom. The molecule has 0 bridgehead atoms. The molecule has 26 heavy (non-hydrogen) atoms. The normalized spacial score (nSPS) is 16.8. The quantitative estimate of drug-likeness (QED) is 0.895. The summed E-state index contributed by atoms with van der Waals surface area (Å²) in [6.45, 7) is 2.39. The van der Waals surface area contributed by atoms with Crippen LogP contribution in [0.15, 0.2) is 30.6 Å². The molecule has 8 heteroatoms. The van der Waals surface area contributed by atoms with Crippen LogP contribution in [0, 0.1) is 0 Å². The van der Waals surface area contributed by atoms with Crippen LogP contribution >= 0.6 is 0 Å². The lowest BCUT2D eigenvalue weighted by Gasteiger charge is -2.28. The molecule has 2 aromatic rings. The molecule has 1 aromatic carbocycles. The fraction of sp³-hybridized carbons (Fsp3) is 0.389. The van der Waals surface area contributed by atoms with E-state index in [1.807, 2.05) is 24.3 Å². The number of rotatable bonds is 4. The number of carbonyl (C=O) groups excluding carboxylic acids is 2. The zero-order valence-electron chi connectivity index (χ0n) is 14.6. The maximum atomic E-state index is 12.7. The summed E-state index contributed by atoms with van der Waals surface area (Å²) in [5.41, 5.74) is 2.82.